The minimum Gasteiger partial charge on any atom is -0.353 e. The molecular formula is C17H28NO3PS2. The fourth-order valence-corrected chi connectivity index (χ4v) is 10.4. The fraction of sp³-hybridized carbons (Fsp3) is 0.706. The van der Waals surface area contributed by atoms with Crippen LogP contribution in [0.3, 0.4) is 0 Å². The molecule has 1 heterocycles. The Morgan fingerprint density at radius 2 is 2.33 bits per heavy atom. The Hall–Kier alpha value is -0.130. The van der Waals surface area contributed by atoms with E-state index in [1.807, 2.05) is 0 Å². The maximum absolute atomic E-state index is 11.1. The number of allylic oxidation sites excluding steroid dienone is 1. The van der Waals surface area contributed by atoms with Crippen LogP contribution in [0.5, 0.6) is 0 Å². The summed E-state index contributed by atoms with van der Waals surface area (Å²) in [4.78, 5) is 11.1. The predicted molar refractivity (Wildman–Crippen MR) is 106 cm³/mol. The summed E-state index contributed by atoms with van der Waals surface area (Å²) in [6.07, 6.45) is 6.45. The van der Waals surface area contributed by atoms with Crippen molar-refractivity contribution in [3.63, 3.8) is 0 Å². The number of amides is 1. The third kappa shape index (κ3) is 5.18. The second-order valence-corrected chi connectivity index (χ2v) is 13.4. The highest BCUT2D eigenvalue weighted by Crippen LogP contribution is 2.75. The van der Waals surface area contributed by atoms with Crippen LogP contribution in [-0.4, -0.2) is 29.9 Å². The molecule has 24 heavy (non-hydrogen) atoms. The minimum absolute atomic E-state index is 0.0828. The lowest BCUT2D eigenvalue weighted by Crippen LogP contribution is -2.39. The Balaban J connectivity index is 1.76. The fourth-order valence-electron chi connectivity index (χ4n) is 3.13. The molecule has 2 rings (SSSR count). The van der Waals surface area contributed by atoms with E-state index in [-0.39, 0.29) is 16.8 Å². The van der Waals surface area contributed by atoms with Gasteiger partial charge in [-0.15, -0.1) is 0 Å². The van der Waals surface area contributed by atoms with Crippen LogP contribution in [0, 0.1) is 5.92 Å². The molecule has 0 bridgehead atoms. The van der Waals surface area contributed by atoms with Crippen LogP contribution in [0.4, 0.5) is 0 Å². The van der Waals surface area contributed by atoms with E-state index >= 15 is 0 Å². The van der Waals surface area contributed by atoms with Crippen molar-refractivity contribution >= 4 is 34.8 Å². The summed E-state index contributed by atoms with van der Waals surface area (Å²) >= 11 is 7.47. The number of unbranched alkanes of at least 4 members (excludes halogenated alkanes) is 1. The first-order chi connectivity index (χ1) is 11.3. The second kappa shape index (κ2) is 8.50. The van der Waals surface area contributed by atoms with Crippen molar-refractivity contribution in [3.8, 4) is 0 Å². The van der Waals surface area contributed by atoms with E-state index in [1.165, 1.54) is 11.6 Å². The standard InChI is InChI=1S/C17H28NO3PS2/c1-5-16(19)18-10-6-7-11-20-22(23)21-15-12-14(13(2)3)8-9-17(15,4)24-22/h5,14-15H,1-2,6-12H2,3-4H3,(H,18,19)/t14-,15?,17?,22?/m0/s1. The van der Waals surface area contributed by atoms with E-state index in [9.17, 15) is 4.79 Å². The van der Waals surface area contributed by atoms with Crippen LogP contribution in [0.15, 0.2) is 24.8 Å². The highest BCUT2D eigenvalue weighted by atomic mass is 32.9. The van der Waals surface area contributed by atoms with Gasteiger partial charge in [-0.2, -0.15) is 0 Å². The number of fused-ring (bicyclic) bond motifs is 1. The van der Waals surface area contributed by atoms with Crippen molar-refractivity contribution in [1.29, 1.82) is 0 Å². The van der Waals surface area contributed by atoms with Crippen LogP contribution in [-0.2, 0) is 25.6 Å². The topological polar surface area (TPSA) is 47.6 Å². The van der Waals surface area contributed by atoms with E-state index in [0.29, 0.717) is 19.1 Å². The lowest BCUT2D eigenvalue weighted by atomic mass is 9.77. The molecule has 2 fully saturated rings. The number of hydrogen-bond acceptors (Lipinski definition) is 5. The molecule has 4 nitrogen and oxygen atoms in total. The number of hydrogen-bond donors (Lipinski definition) is 1. The Labute approximate surface area is 154 Å². The van der Waals surface area contributed by atoms with Crippen LogP contribution < -0.4 is 5.32 Å². The van der Waals surface area contributed by atoms with E-state index in [1.54, 1.807) is 11.4 Å². The summed E-state index contributed by atoms with van der Waals surface area (Å²) in [7, 11) is 0. The molecule has 0 aromatic carbocycles. The molecule has 0 aromatic rings. The number of rotatable bonds is 8. The van der Waals surface area contributed by atoms with Gasteiger partial charge in [0.05, 0.1) is 12.7 Å². The zero-order valence-electron chi connectivity index (χ0n) is 14.6. The average Bonchev–Trinajstić information content (AvgIpc) is 2.79. The van der Waals surface area contributed by atoms with Gasteiger partial charge in [-0.25, -0.2) is 0 Å². The SMILES string of the molecule is C=CC(=O)NCCCCOP1(=S)OC2C[C@@H](C(=C)C)CCC2(C)S1. The van der Waals surface area contributed by atoms with E-state index in [2.05, 4.69) is 32.3 Å². The van der Waals surface area contributed by atoms with Crippen molar-refractivity contribution < 1.29 is 13.8 Å². The lowest BCUT2D eigenvalue weighted by Gasteiger charge is -2.37. The monoisotopic (exact) mass is 389 g/mol. The van der Waals surface area contributed by atoms with Gasteiger partial charge < -0.3 is 14.4 Å². The lowest BCUT2D eigenvalue weighted by molar-refractivity contribution is -0.116. The summed E-state index contributed by atoms with van der Waals surface area (Å²) in [5.74, 6) is 0.403. The molecule has 7 heteroatoms. The molecular weight excluding hydrogens is 361 g/mol. The van der Waals surface area contributed by atoms with Gasteiger partial charge in [0.2, 0.25) is 11.6 Å². The number of nitrogens with one attached hydrogen (secondary N) is 1. The Kier molecular flexibility index (Phi) is 7.15. The summed E-state index contributed by atoms with van der Waals surface area (Å²) < 4.78 is 12.3. The smallest absolute Gasteiger partial charge is 0.248 e. The maximum Gasteiger partial charge on any atom is 0.248 e. The van der Waals surface area contributed by atoms with Gasteiger partial charge in [-0.3, -0.25) is 4.79 Å². The highest BCUT2D eigenvalue weighted by Gasteiger charge is 2.53. The van der Waals surface area contributed by atoms with Gasteiger partial charge in [0.1, 0.15) is 0 Å². The quantitative estimate of drug-likeness (QED) is 0.285. The molecule has 1 aliphatic carbocycles. The summed E-state index contributed by atoms with van der Waals surface area (Å²) in [6, 6.07) is 0. The molecule has 4 atom stereocenters. The van der Waals surface area contributed by atoms with E-state index in [4.69, 9.17) is 20.9 Å². The third-order valence-electron chi connectivity index (χ3n) is 4.75. The van der Waals surface area contributed by atoms with Crippen LogP contribution in [0.25, 0.3) is 0 Å². The first-order valence-electron chi connectivity index (χ1n) is 8.47. The molecule has 0 aromatic heterocycles. The summed E-state index contributed by atoms with van der Waals surface area (Å²) in [5.41, 5.74) is -1.01. The van der Waals surface area contributed by atoms with Crippen molar-refractivity contribution in [2.45, 2.75) is 56.8 Å². The van der Waals surface area contributed by atoms with Gasteiger partial charge in [-0.05, 0) is 69.8 Å². The predicted octanol–water partition coefficient (Wildman–Crippen LogP) is 4.58. The van der Waals surface area contributed by atoms with Crippen molar-refractivity contribution in [2.75, 3.05) is 13.2 Å². The number of carbonyl (C=O) groups excluding carboxylic acids is 1. The third-order valence-corrected chi connectivity index (χ3v) is 10.6. The maximum atomic E-state index is 11.1. The Morgan fingerprint density at radius 1 is 1.58 bits per heavy atom. The molecule has 1 saturated carbocycles. The van der Waals surface area contributed by atoms with Crippen LogP contribution in [0.1, 0.15) is 46.0 Å². The van der Waals surface area contributed by atoms with Crippen molar-refractivity contribution in [2.24, 2.45) is 5.92 Å². The second-order valence-electron chi connectivity index (χ2n) is 6.80. The zero-order chi connectivity index (χ0) is 17.8. The van der Waals surface area contributed by atoms with Gasteiger partial charge in [0.25, 0.3) is 0 Å². The van der Waals surface area contributed by atoms with Gasteiger partial charge >= 0.3 is 0 Å². The minimum atomic E-state index is -2.25. The molecule has 1 N–H and O–H groups in total. The molecule has 0 spiro atoms. The largest absolute Gasteiger partial charge is 0.353 e. The molecule has 0 radical (unpaired) electrons. The summed E-state index contributed by atoms with van der Waals surface area (Å²) in [6.45, 7) is 13.1. The molecule has 2 aliphatic rings. The molecule has 1 amide bonds. The van der Waals surface area contributed by atoms with Gasteiger partial charge in [-0.1, -0.05) is 30.1 Å². The molecule has 136 valence electrons. The normalized spacial score (nSPS) is 35.2. The first kappa shape index (κ1) is 20.2. The Morgan fingerprint density at radius 3 is 3.00 bits per heavy atom. The number of carbonyl (C=O) groups is 1. The van der Waals surface area contributed by atoms with E-state index < -0.39 is 5.69 Å². The molecule has 1 saturated heterocycles. The van der Waals surface area contributed by atoms with Crippen LogP contribution >= 0.6 is 17.1 Å². The van der Waals surface area contributed by atoms with Crippen molar-refractivity contribution in [3.05, 3.63) is 24.8 Å². The first-order valence-corrected chi connectivity index (χ1v) is 12.5. The van der Waals surface area contributed by atoms with E-state index in [0.717, 1.165) is 32.1 Å². The zero-order valence-corrected chi connectivity index (χ0v) is 17.1. The highest BCUT2D eigenvalue weighted by molar-refractivity contribution is 8.68. The van der Waals surface area contributed by atoms with Crippen LogP contribution in [0.2, 0.25) is 0 Å². The van der Waals surface area contributed by atoms with Crippen molar-refractivity contribution in [1.82, 2.24) is 5.32 Å². The van der Waals surface area contributed by atoms with Gasteiger partial charge in [0.15, 0.2) is 0 Å². The molecule has 3 unspecified atom stereocenters. The molecule has 1 aliphatic heterocycles. The average molecular weight is 390 g/mol. The Bertz CT molecular complexity index is 554. The van der Waals surface area contributed by atoms with Gasteiger partial charge in [0, 0.05) is 11.3 Å². The summed E-state index contributed by atoms with van der Waals surface area (Å²) in [5, 5.41) is 2.76.